The third-order valence-corrected chi connectivity index (χ3v) is 4.44. The van der Waals surface area contributed by atoms with E-state index in [0.717, 1.165) is 11.1 Å². The van der Waals surface area contributed by atoms with Crippen LogP contribution in [0.2, 0.25) is 0 Å². The van der Waals surface area contributed by atoms with Crippen LogP contribution in [0.5, 0.6) is 5.75 Å². The fourth-order valence-electron chi connectivity index (χ4n) is 2.76. The Morgan fingerprint density at radius 2 is 1.54 bits per heavy atom. The highest BCUT2D eigenvalue weighted by Gasteiger charge is 2.10. The van der Waals surface area contributed by atoms with E-state index in [9.17, 15) is 9.59 Å². The van der Waals surface area contributed by atoms with Crippen molar-refractivity contribution in [1.29, 1.82) is 0 Å². The number of carbonyl (C=O) groups is 2. The number of methoxy groups -OCH3 is 1. The minimum atomic E-state index is -0.250. The molecule has 3 aromatic rings. The highest BCUT2D eigenvalue weighted by atomic mass is 16.5. The summed E-state index contributed by atoms with van der Waals surface area (Å²) in [7, 11) is 1.57. The van der Waals surface area contributed by atoms with Crippen molar-refractivity contribution in [3.05, 3.63) is 95.1 Å². The molecule has 0 bridgehead atoms. The summed E-state index contributed by atoms with van der Waals surface area (Å²) in [6.07, 6.45) is 0. The summed E-state index contributed by atoms with van der Waals surface area (Å²) >= 11 is 0. The number of hydrogen-bond donors (Lipinski definition) is 2. The normalized spacial score (nSPS) is 10.2. The first-order valence-corrected chi connectivity index (χ1v) is 8.95. The van der Waals surface area contributed by atoms with E-state index >= 15 is 0 Å². The number of benzene rings is 3. The van der Waals surface area contributed by atoms with E-state index in [1.807, 2.05) is 31.2 Å². The monoisotopic (exact) mass is 374 g/mol. The van der Waals surface area contributed by atoms with E-state index in [1.54, 1.807) is 55.6 Å². The second-order valence-corrected chi connectivity index (χ2v) is 6.37. The third-order valence-electron chi connectivity index (χ3n) is 4.44. The first kappa shape index (κ1) is 19.2. The summed E-state index contributed by atoms with van der Waals surface area (Å²) in [6, 6.07) is 21.6. The second kappa shape index (κ2) is 8.86. The summed E-state index contributed by atoms with van der Waals surface area (Å²) in [6.45, 7) is 2.47. The van der Waals surface area contributed by atoms with Gasteiger partial charge in [0.25, 0.3) is 11.8 Å². The molecule has 0 aliphatic rings. The zero-order valence-electron chi connectivity index (χ0n) is 15.9. The quantitative estimate of drug-likeness (QED) is 0.680. The molecule has 0 fully saturated rings. The minimum absolute atomic E-state index is 0.178. The van der Waals surface area contributed by atoms with Gasteiger partial charge >= 0.3 is 0 Å². The van der Waals surface area contributed by atoms with Crippen molar-refractivity contribution >= 4 is 17.5 Å². The van der Waals surface area contributed by atoms with Crippen molar-refractivity contribution in [1.82, 2.24) is 5.32 Å². The molecule has 5 heteroatoms. The fraction of sp³-hybridized carbons (Fsp3) is 0.130. The molecule has 0 radical (unpaired) electrons. The Bertz CT molecular complexity index is 981. The number of amides is 2. The summed E-state index contributed by atoms with van der Waals surface area (Å²) in [5.74, 6) is 0.238. The van der Waals surface area contributed by atoms with Crippen molar-refractivity contribution in [2.45, 2.75) is 13.5 Å². The van der Waals surface area contributed by atoms with E-state index in [4.69, 9.17) is 4.74 Å². The number of rotatable bonds is 6. The molecule has 0 saturated carbocycles. The van der Waals surface area contributed by atoms with Gasteiger partial charge in [0.15, 0.2) is 0 Å². The Kier molecular flexibility index (Phi) is 6.07. The Hall–Kier alpha value is -3.60. The molecule has 2 amide bonds. The van der Waals surface area contributed by atoms with Gasteiger partial charge in [-0.2, -0.15) is 0 Å². The largest absolute Gasteiger partial charge is 0.497 e. The average Bonchev–Trinajstić information content (AvgIpc) is 2.73. The van der Waals surface area contributed by atoms with Crippen LogP contribution in [-0.2, 0) is 6.54 Å². The molecule has 0 unspecified atom stereocenters. The molecule has 3 rings (SSSR count). The predicted molar refractivity (Wildman–Crippen MR) is 110 cm³/mol. The first-order chi connectivity index (χ1) is 13.6. The van der Waals surface area contributed by atoms with Crippen LogP contribution in [-0.4, -0.2) is 18.9 Å². The molecule has 0 aliphatic carbocycles. The lowest BCUT2D eigenvalue weighted by atomic mass is 10.1. The van der Waals surface area contributed by atoms with E-state index < -0.39 is 0 Å². The maximum atomic E-state index is 12.4. The number of nitrogens with one attached hydrogen (secondary N) is 2. The molecule has 5 nitrogen and oxygen atoms in total. The van der Waals surface area contributed by atoms with E-state index in [1.165, 1.54) is 0 Å². The van der Waals surface area contributed by atoms with Crippen LogP contribution < -0.4 is 15.4 Å². The van der Waals surface area contributed by atoms with Gasteiger partial charge in [-0.1, -0.05) is 30.3 Å². The van der Waals surface area contributed by atoms with Gasteiger partial charge in [0, 0.05) is 29.4 Å². The van der Waals surface area contributed by atoms with Gasteiger partial charge in [-0.25, -0.2) is 0 Å². The molecule has 0 aromatic heterocycles. The van der Waals surface area contributed by atoms with Crippen LogP contribution in [0.4, 0.5) is 5.69 Å². The third kappa shape index (κ3) is 4.76. The Morgan fingerprint density at radius 1 is 0.857 bits per heavy atom. The Balaban J connectivity index is 1.61. The molecule has 0 heterocycles. The molecule has 0 spiro atoms. The molecular weight excluding hydrogens is 352 g/mol. The second-order valence-electron chi connectivity index (χ2n) is 6.37. The van der Waals surface area contributed by atoms with Crippen LogP contribution in [0.15, 0.2) is 72.8 Å². The topological polar surface area (TPSA) is 67.4 Å². The average molecular weight is 374 g/mol. The Morgan fingerprint density at radius 3 is 2.21 bits per heavy atom. The van der Waals surface area contributed by atoms with Gasteiger partial charge in [0.1, 0.15) is 5.75 Å². The zero-order chi connectivity index (χ0) is 19.9. The van der Waals surface area contributed by atoms with Gasteiger partial charge < -0.3 is 15.4 Å². The number of carbonyl (C=O) groups excluding carboxylic acids is 2. The molecule has 142 valence electrons. The maximum absolute atomic E-state index is 12.4. The molecular formula is C23H22N2O3. The maximum Gasteiger partial charge on any atom is 0.255 e. The van der Waals surface area contributed by atoms with Crippen LogP contribution in [0.1, 0.15) is 31.8 Å². The van der Waals surface area contributed by atoms with Crippen LogP contribution in [0.25, 0.3) is 0 Å². The molecule has 0 aliphatic heterocycles. The fourth-order valence-corrected chi connectivity index (χ4v) is 2.76. The molecule has 3 aromatic carbocycles. The lowest BCUT2D eigenvalue weighted by Crippen LogP contribution is -2.23. The van der Waals surface area contributed by atoms with E-state index in [-0.39, 0.29) is 11.8 Å². The molecule has 28 heavy (non-hydrogen) atoms. The van der Waals surface area contributed by atoms with Crippen molar-refractivity contribution in [3.63, 3.8) is 0 Å². The van der Waals surface area contributed by atoms with Gasteiger partial charge in [0.05, 0.1) is 7.11 Å². The van der Waals surface area contributed by atoms with E-state index in [0.29, 0.717) is 29.1 Å². The highest BCUT2D eigenvalue weighted by Crippen LogP contribution is 2.17. The summed E-state index contributed by atoms with van der Waals surface area (Å²) < 4.78 is 5.15. The van der Waals surface area contributed by atoms with Crippen molar-refractivity contribution in [2.24, 2.45) is 0 Å². The molecule has 0 saturated heterocycles. The number of aryl methyl sites for hydroxylation is 1. The molecule has 0 atom stereocenters. The van der Waals surface area contributed by atoms with Crippen LogP contribution in [0.3, 0.4) is 0 Å². The predicted octanol–water partition coefficient (Wildman–Crippen LogP) is 4.19. The molecule has 2 N–H and O–H groups in total. The van der Waals surface area contributed by atoms with Gasteiger partial charge in [-0.15, -0.1) is 0 Å². The lowest BCUT2D eigenvalue weighted by Gasteiger charge is -2.09. The highest BCUT2D eigenvalue weighted by molar-refractivity contribution is 6.05. The van der Waals surface area contributed by atoms with Crippen LogP contribution >= 0.6 is 0 Å². The van der Waals surface area contributed by atoms with Crippen LogP contribution in [0, 0.1) is 6.92 Å². The smallest absolute Gasteiger partial charge is 0.255 e. The zero-order valence-corrected chi connectivity index (χ0v) is 15.9. The number of anilines is 1. The lowest BCUT2D eigenvalue weighted by molar-refractivity contribution is 0.0949. The standard InChI is InChI=1S/C23H22N2O3/c1-16-6-3-4-7-19(16)15-24-22(26)17-10-12-18(13-11-17)23(27)25-20-8-5-9-21(14-20)28-2/h3-14H,15H2,1-2H3,(H,24,26)(H,25,27). The number of ether oxygens (including phenoxy) is 1. The SMILES string of the molecule is COc1cccc(NC(=O)c2ccc(C(=O)NCc3ccccc3C)cc2)c1. The van der Waals surface area contributed by atoms with E-state index in [2.05, 4.69) is 10.6 Å². The van der Waals surface area contributed by atoms with Gasteiger partial charge in [-0.05, 0) is 54.4 Å². The summed E-state index contributed by atoms with van der Waals surface area (Å²) in [5, 5.41) is 5.72. The van der Waals surface area contributed by atoms with Gasteiger partial charge in [0.2, 0.25) is 0 Å². The minimum Gasteiger partial charge on any atom is -0.497 e. The number of hydrogen-bond acceptors (Lipinski definition) is 3. The summed E-state index contributed by atoms with van der Waals surface area (Å²) in [4.78, 5) is 24.7. The van der Waals surface area contributed by atoms with Crippen molar-refractivity contribution in [2.75, 3.05) is 12.4 Å². The van der Waals surface area contributed by atoms with Crippen molar-refractivity contribution in [3.8, 4) is 5.75 Å². The van der Waals surface area contributed by atoms with Gasteiger partial charge in [-0.3, -0.25) is 9.59 Å². The Labute approximate surface area is 164 Å². The van der Waals surface area contributed by atoms with Crippen molar-refractivity contribution < 1.29 is 14.3 Å². The summed E-state index contributed by atoms with van der Waals surface area (Å²) in [5.41, 5.74) is 3.83. The first-order valence-electron chi connectivity index (χ1n) is 8.95.